The molecule has 0 atom stereocenters. The number of para-hydroxylation sites is 1. The number of carbonyl (C=O) groups excluding carboxylic acids is 2. The van der Waals surface area contributed by atoms with E-state index in [1.807, 2.05) is 42.5 Å². The van der Waals surface area contributed by atoms with Gasteiger partial charge in [0.2, 0.25) is 5.95 Å². The van der Waals surface area contributed by atoms with Crippen LogP contribution in [0, 0.1) is 0 Å². The van der Waals surface area contributed by atoms with Gasteiger partial charge in [-0.15, -0.1) is 0 Å². The van der Waals surface area contributed by atoms with Crippen LogP contribution < -0.4 is 10.6 Å². The first-order valence-electron chi connectivity index (χ1n) is 7.02. The van der Waals surface area contributed by atoms with Crippen molar-refractivity contribution < 1.29 is 9.59 Å². The van der Waals surface area contributed by atoms with Crippen LogP contribution in [0.2, 0.25) is 0 Å². The van der Waals surface area contributed by atoms with E-state index in [9.17, 15) is 9.59 Å². The summed E-state index contributed by atoms with van der Waals surface area (Å²) in [5.41, 5.74) is 0.559. The molecule has 2 amide bonds. The molecule has 2 aromatic carbocycles. The van der Waals surface area contributed by atoms with Crippen molar-refractivity contribution >= 4 is 35.2 Å². The molecule has 0 saturated carbocycles. The molecule has 0 aliphatic heterocycles. The van der Waals surface area contributed by atoms with Crippen molar-refractivity contribution in [3.63, 3.8) is 0 Å². The first kappa shape index (κ1) is 15.8. The van der Waals surface area contributed by atoms with Gasteiger partial charge in [-0.3, -0.25) is 14.9 Å². The molecule has 3 rings (SSSR count). The SMILES string of the molecule is O=C(Nc1ncn[nH]1)C(=O)Nc1ccccc1Sc1ccccc1. The maximum atomic E-state index is 12.0. The summed E-state index contributed by atoms with van der Waals surface area (Å²) in [6.07, 6.45) is 1.24. The van der Waals surface area contributed by atoms with E-state index in [2.05, 4.69) is 25.8 Å². The van der Waals surface area contributed by atoms with Crippen molar-refractivity contribution in [2.75, 3.05) is 10.6 Å². The monoisotopic (exact) mass is 339 g/mol. The number of aromatic amines is 1. The standard InChI is InChI=1S/C16H13N5O2S/c22-14(15(23)20-16-17-10-18-21-16)19-12-8-4-5-9-13(12)24-11-6-2-1-3-7-11/h1-10H,(H,19,22)(H2,17,18,20,21,23). The first-order valence-corrected chi connectivity index (χ1v) is 7.83. The van der Waals surface area contributed by atoms with Gasteiger partial charge in [-0.05, 0) is 24.3 Å². The van der Waals surface area contributed by atoms with Gasteiger partial charge in [0.15, 0.2) is 0 Å². The summed E-state index contributed by atoms with van der Waals surface area (Å²) < 4.78 is 0. The van der Waals surface area contributed by atoms with E-state index >= 15 is 0 Å². The topological polar surface area (TPSA) is 99.8 Å². The Bertz CT molecular complexity index is 837. The highest BCUT2D eigenvalue weighted by Gasteiger charge is 2.16. The highest BCUT2D eigenvalue weighted by atomic mass is 32.2. The van der Waals surface area contributed by atoms with Crippen LogP contribution in [0.5, 0.6) is 0 Å². The van der Waals surface area contributed by atoms with E-state index in [4.69, 9.17) is 0 Å². The smallest absolute Gasteiger partial charge is 0.316 e. The predicted molar refractivity (Wildman–Crippen MR) is 90.6 cm³/mol. The lowest BCUT2D eigenvalue weighted by Crippen LogP contribution is -2.29. The minimum Gasteiger partial charge on any atom is -0.317 e. The van der Waals surface area contributed by atoms with E-state index in [0.29, 0.717) is 5.69 Å². The van der Waals surface area contributed by atoms with Gasteiger partial charge in [0.25, 0.3) is 0 Å². The minimum atomic E-state index is -0.828. The largest absolute Gasteiger partial charge is 0.317 e. The Balaban J connectivity index is 1.70. The molecule has 1 aromatic heterocycles. The number of aromatic nitrogens is 3. The summed E-state index contributed by atoms with van der Waals surface area (Å²) in [7, 11) is 0. The van der Waals surface area contributed by atoms with Crippen molar-refractivity contribution in [1.82, 2.24) is 15.2 Å². The van der Waals surface area contributed by atoms with Crippen molar-refractivity contribution in [1.29, 1.82) is 0 Å². The molecule has 24 heavy (non-hydrogen) atoms. The van der Waals surface area contributed by atoms with Crippen LogP contribution >= 0.6 is 11.8 Å². The summed E-state index contributed by atoms with van der Waals surface area (Å²) in [5.74, 6) is -1.50. The quantitative estimate of drug-likeness (QED) is 0.634. The first-order chi connectivity index (χ1) is 11.7. The molecule has 3 aromatic rings. The Hall–Kier alpha value is -3.13. The van der Waals surface area contributed by atoms with Crippen LogP contribution in [0.3, 0.4) is 0 Å². The number of H-pyrrole nitrogens is 1. The Morgan fingerprint density at radius 3 is 2.38 bits per heavy atom. The molecule has 1 heterocycles. The lowest BCUT2D eigenvalue weighted by atomic mass is 10.3. The molecule has 0 unspecified atom stereocenters. The molecule has 0 spiro atoms. The zero-order valence-electron chi connectivity index (χ0n) is 12.4. The molecular formula is C16H13N5O2S. The number of hydrogen-bond acceptors (Lipinski definition) is 5. The van der Waals surface area contributed by atoms with E-state index in [0.717, 1.165) is 9.79 Å². The van der Waals surface area contributed by atoms with Crippen molar-refractivity contribution in [2.45, 2.75) is 9.79 Å². The summed E-state index contributed by atoms with van der Waals surface area (Å²) in [6, 6.07) is 17.0. The number of anilines is 2. The van der Waals surface area contributed by atoms with Gasteiger partial charge >= 0.3 is 11.8 Å². The van der Waals surface area contributed by atoms with Gasteiger partial charge in [-0.25, -0.2) is 5.10 Å². The number of nitrogens with one attached hydrogen (secondary N) is 3. The van der Waals surface area contributed by atoms with Gasteiger partial charge in [0, 0.05) is 9.79 Å². The van der Waals surface area contributed by atoms with Crippen LogP contribution in [0.15, 0.2) is 70.7 Å². The summed E-state index contributed by atoms with van der Waals surface area (Å²) in [5, 5.41) is 11.0. The van der Waals surface area contributed by atoms with Crippen molar-refractivity contribution in [2.24, 2.45) is 0 Å². The molecule has 8 heteroatoms. The zero-order chi connectivity index (χ0) is 16.8. The fourth-order valence-electron chi connectivity index (χ4n) is 1.88. The van der Waals surface area contributed by atoms with Gasteiger partial charge in [-0.2, -0.15) is 10.1 Å². The van der Waals surface area contributed by atoms with Crippen LogP contribution in [0.1, 0.15) is 0 Å². The molecule has 7 nitrogen and oxygen atoms in total. The van der Waals surface area contributed by atoms with E-state index < -0.39 is 11.8 Å². The summed E-state index contributed by atoms with van der Waals surface area (Å²) in [4.78, 5) is 29.5. The molecule has 0 saturated heterocycles. The Morgan fingerprint density at radius 2 is 1.62 bits per heavy atom. The highest BCUT2D eigenvalue weighted by molar-refractivity contribution is 7.99. The molecule has 3 N–H and O–H groups in total. The van der Waals surface area contributed by atoms with Crippen LogP contribution in [0.25, 0.3) is 0 Å². The Labute approximate surface area is 141 Å². The number of amides is 2. The van der Waals surface area contributed by atoms with Gasteiger partial charge in [0.05, 0.1) is 5.69 Å². The lowest BCUT2D eigenvalue weighted by Gasteiger charge is -2.10. The highest BCUT2D eigenvalue weighted by Crippen LogP contribution is 2.33. The molecular weight excluding hydrogens is 326 g/mol. The Kier molecular flexibility index (Phi) is 4.87. The summed E-state index contributed by atoms with van der Waals surface area (Å²) >= 11 is 1.50. The second-order valence-electron chi connectivity index (χ2n) is 4.65. The minimum absolute atomic E-state index is 0.113. The summed E-state index contributed by atoms with van der Waals surface area (Å²) in [6.45, 7) is 0. The number of carbonyl (C=O) groups is 2. The molecule has 0 bridgehead atoms. The van der Waals surface area contributed by atoms with Gasteiger partial charge in [-0.1, -0.05) is 42.1 Å². The van der Waals surface area contributed by atoms with Crippen molar-refractivity contribution in [3.8, 4) is 0 Å². The van der Waals surface area contributed by atoms with Crippen molar-refractivity contribution in [3.05, 3.63) is 60.9 Å². The zero-order valence-corrected chi connectivity index (χ0v) is 13.2. The normalized spacial score (nSPS) is 10.2. The fourth-order valence-corrected chi connectivity index (χ4v) is 2.81. The van der Waals surface area contributed by atoms with Gasteiger partial charge in [0.1, 0.15) is 6.33 Å². The molecule has 0 aliphatic carbocycles. The Morgan fingerprint density at radius 1 is 0.917 bits per heavy atom. The average molecular weight is 339 g/mol. The van der Waals surface area contributed by atoms with E-state index in [1.54, 1.807) is 12.1 Å². The predicted octanol–water partition coefficient (Wildman–Crippen LogP) is 2.53. The number of rotatable bonds is 4. The van der Waals surface area contributed by atoms with Gasteiger partial charge < -0.3 is 5.32 Å². The fraction of sp³-hybridized carbons (Fsp3) is 0. The average Bonchev–Trinajstić information content (AvgIpc) is 3.10. The lowest BCUT2D eigenvalue weighted by molar-refractivity contribution is -0.133. The third-order valence-corrected chi connectivity index (χ3v) is 4.04. The molecule has 0 fully saturated rings. The van der Waals surface area contributed by atoms with E-state index in [-0.39, 0.29) is 5.95 Å². The van der Waals surface area contributed by atoms with Crippen LogP contribution in [-0.2, 0) is 9.59 Å². The van der Waals surface area contributed by atoms with E-state index in [1.165, 1.54) is 18.1 Å². The number of benzene rings is 2. The number of hydrogen-bond donors (Lipinski definition) is 3. The van der Waals surface area contributed by atoms with Crippen LogP contribution in [-0.4, -0.2) is 27.0 Å². The molecule has 0 radical (unpaired) electrons. The maximum absolute atomic E-state index is 12.0. The second-order valence-corrected chi connectivity index (χ2v) is 5.77. The van der Waals surface area contributed by atoms with Crippen LogP contribution in [0.4, 0.5) is 11.6 Å². The maximum Gasteiger partial charge on any atom is 0.316 e. The molecule has 120 valence electrons. The third kappa shape index (κ3) is 3.99. The number of nitrogens with zero attached hydrogens (tertiary/aromatic N) is 2. The third-order valence-electron chi connectivity index (χ3n) is 2.96. The second kappa shape index (κ2) is 7.42. The molecule has 0 aliphatic rings.